The van der Waals surface area contributed by atoms with Crippen LogP contribution < -0.4 is 15.4 Å². The number of fused-ring (bicyclic) bond motifs is 1. The van der Waals surface area contributed by atoms with E-state index in [4.69, 9.17) is 9.73 Å². The predicted octanol–water partition coefficient (Wildman–Crippen LogP) is 4.08. The van der Waals surface area contributed by atoms with Gasteiger partial charge in [-0.2, -0.15) is 0 Å². The van der Waals surface area contributed by atoms with Crippen molar-refractivity contribution in [3.8, 4) is 5.75 Å². The number of guanidine groups is 1. The van der Waals surface area contributed by atoms with Crippen LogP contribution in [0.3, 0.4) is 0 Å². The number of nitrogens with one attached hydrogen (secondary N) is 2. The minimum atomic E-state index is -0.00969. The van der Waals surface area contributed by atoms with Gasteiger partial charge in [-0.15, -0.1) is 11.3 Å². The number of ether oxygens (including phenoxy) is 1. The third-order valence-corrected chi connectivity index (χ3v) is 6.29. The van der Waals surface area contributed by atoms with E-state index in [0.29, 0.717) is 0 Å². The van der Waals surface area contributed by atoms with E-state index in [2.05, 4.69) is 46.8 Å². The van der Waals surface area contributed by atoms with Crippen molar-refractivity contribution in [3.63, 3.8) is 0 Å². The highest BCUT2D eigenvalue weighted by molar-refractivity contribution is 7.09. The van der Waals surface area contributed by atoms with Gasteiger partial charge in [0.25, 0.3) is 0 Å². The first-order chi connectivity index (χ1) is 13.3. The van der Waals surface area contributed by atoms with Gasteiger partial charge in [-0.1, -0.05) is 18.2 Å². The second kappa shape index (κ2) is 8.30. The summed E-state index contributed by atoms with van der Waals surface area (Å²) in [5.74, 6) is 1.91. The Bertz CT molecular complexity index is 768. The second-order valence-corrected chi connectivity index (χ2v) is 8.35. The zero-order chi connectivity index (χ0) is 18.5. The summed E-state index contributed by atoms with van der Waals surface area (Å²) in [6.45, 7) is 3.69. The Hall–Kier alpha value is -2.08. The number of hydrogen-bond acceptors (Lipinski definition) is 4. The van der Waals surface area contributed by atoms with Gasteiger partial charge in [0.1, 0.15) is 11.4 Å². The minimum absolute atomic E-state index is 0.00969. The van der Waals surface area contributed by atoms with Gasteiger partial charge >= 0.3 is 0 Å². The van der Waals surface area contributed by atoms with Crippen LogP contribution in [-0.4, -0.2) is 29.6 Å². The van der Waals surface area contributed by atoms with Crippen LogP contribution in [0.15, 0.2) is 40.8 Å². The molecular formula is C21H28N4OS. The Morgan fingerprint density at radius 1 is 1.33 bits per heavy atom. The van der Waals surface area contributed by atoms with Gasteiger partial charge in [-0.05, 0) is 38.7 Å². The summed E-state index contributed by atoms with van der Waals surface area (Å²) in [6, 6.07) is 8.67. The Kier molecular flexibility index (Phi) is 5.62. The maximum absolute atomic E-state index is 6.48. The van der Waals surface area contributed by atoms with Crippen molar-refractivity contribution in [1.29, 1.82) is 0 Å². The van der Waals surface area contributed by atoms with Crippen LogP contribution >= 0.6 is 11.3 Å². The van der Waals surface area contributed by atoms with Gasteiger partial charge in [-0.25, -0.2) is 4.98 Å². The van der Waals surface area contributed by atoms with Gasteiger partial charge in [0.15, 0.2) is 5.96 Å². The van der Waals surface area contributed by atoms with Crippen LogP contribution in [0.2, 0.25) is 0 Å². The van der Waals surface area contributed by atoms with Crippen LogP contribution in [0.1, 0.15) is 55.6 Å². The molecule has 1 atom stereocenters. The Morgan fingerprint density at radius 2 is 2.19 bits per heavy atom. The van der Waals surface area contributed by atoms with Gasteiger partial charge in [0.05, 0.1) is 11.0 Å². The molecule has 2 aromatic rings. The molecule has 0 saturated heterocycles. The molecule has 2 N–H and O–H groups in total. The summed E-state index contributed by atoms with van der Waals surface area (Å²) >= 11 is 1.69. The highest BCUT2D eigenvalue weighted by Crippen LogP contribution is 2.46. The fourth-order valence-electron chi connectivity index (χ4n) is 4.20. The van der Waals surface area contributed by atoms with Gasteiger partial charge in [0.2, 0.25) is 0 Å². The molecule has 1 unspecified atom stereocenters. The van der Waals surface area contributed by atoms with Crippen molar-refractivity contribution < 1.29 is 4.74 Å². The molecule has 1 fully saturated rings. The lowest BCUT2D eigenvalue weighted by molar-refractivity contribution is 0.0396. The van der Waals surface area contributed by atoms with E-state index < -0.39 is 0 Å². The van der Waals surface area contributed by atoms with Gasteiger partial charge in [-0.3, -0.25) is 4.99 Å². The van der Waals surface area contributed by atoms with Gasteiger partial charge < -0.3 is 15.4 Å². The fraction of sp³-hybridized carbons (Fsp3) is 0.524. The van der Waals surface area contributed by atoms with Crippen LogP contribution in [-0.2, 0) is 6.42 Å². The van der Waals surface area contributed by atoms with Crippen LogP contribution in [0.4, 0.5) is 0 Å². The number of para-hydroxylation sites is 1. The summed E-state index contributed by atoms with van der Waals surface area (Å²) in [5.41, 5.74) is 1.23. The van der Waals surface area contributed by atoms with Crippen LogP contribution in [0, 0.1) is 0 Å². The molecule has 1 aromatic carbocycles. The lowest BCUT2D eigenvalue weighted by Gasteiger charge is -2.40. The molecular weight excluding hydrogens is 356 g/mol. The average Bonchev–Trinajstić information content (AvgIpc) is 3.34. The smallest absolute Gasteiger partial charge is 0.191 e. The first-order valence-electron chi connectivity index (χ1n) is 9.99. The number of thiazole rings is 1. The Balaban J connectivity index is 1.50. The normalized spacial score (nSPS) is 20.9. The summed E-state index contributed by atoms with van der Waals surface area (Å²) in [6.07, 6.45) is 8.55. The number of hydrogen-bond donors (Lipinski definition) is 2. The molecule has 0 amide bonds. The monoisotopic (exact) mass is 384 g/mol. The molecule has 1 aliphatic heterocycles. The minimum Gasteiger partial charge on any atom is -0.487 e. The van der Waals surface area contributed by atoms with Crippen molar-refractivity contribution >= 4 is 17.3 Å². The number of aliphatic imine (C=N–C) groups is 1. The Morgan fingerprint density at radius 3 is 2.96 bits per heavy atom. The molecule has 144 valence electrons. The number of rotatable bonds is 5. The molecule has 5 nitrogen and oxygen atoms in total. The highest BCUT2D eigenvalue weighted by atomic mass is 32.1. The zero-order valence-corrected chi connectivity index (χ0v) is 16.7. The molecule has 27 heavy (non-hydrogen) atoms. The molecule has 1 aliphatic carbocycles. The van der Waals surface area contributed by atoms with E-state index >= 15 is 0 Å². The third kappa shape index (κ3) is 4.26. The fourth-order valence-corrected chi connectivity index (χ4v) is 4.81. The van der Waals surface area contributed by atoms with E-state index in [1.54, 1.807) is 11.3 Å². The van der Waals surface area contributed by atoms with Crippen molar-refractivity contribution in [2.24, 2.45) is 4.99 Å². The summed E-state index contributed by atoms with van der Waals surface area (Å²) in [4.78, 5) is 9.14. The quantitative estimate of drug-likeness (QED) is 0.602. The molecule has 4 rings (SSSR count). The van der Waals surface area contributed by atoms with Crippen molar-refractivity contribution in [1.82, 2.24) is 15.6 Å². The standard InChI is InChI=1S/C21H28N4OS/c1-2-22-20(24-12-9-19-23-13-14-27-19)25-17-15-21(10-5-6-11-21)26-18-8-4-3-7-16(17)18/h3-4,7-8,13-14,17H,2,5-6,9-12,15H2,1H3,(H2,22,24,25). The highest BCUT2D eigenvalue weighted by Gasteiger charge is 2.43. The molecule has 0 radical (unpaired) electrons. The molecule has 1 spiro atoms. The van der Waals surface area contributed by atoms with Gasteiger partial charge in [0, 0.05) is 43.1 Å². The molecule has 0 bridgehead atoms. The summed E-state index contributed by atoms with van der Waals surface area (Å²) in [5, 5.41) is 10.2. The molecule has 1 saturated carbocycles. The lowest BCUT2D eigenvalue weighted by atomic mass is 9.86. The largest absolute Gasteiger partial charge is 0.487 e. The van der Waals surface area contributed by atoms with E-state index in [1.165, 1.54) is 18.4 Å². The first-order valence-corrected chi connectivity index (χ1v) is 10.9. The van der Waals surface area contributed by atoms with E-state index in [0.717, 1.165) is 55.5 Å². The second-order valence-electron chi connectivity index (χ2n) is 7.37. The summed E-state index contributed by atoms with van der Waals surface area (Å²) in [7, 11) is 0. The molecule has 6 heteroatoms. The van der Waals surface area contributed by atoms with Crippen molar-refractivity contribution in [3.05, 3.63) is 46.4 Å². The number of aromatic nitrogens is 1. The SMILES string of the molecule is CCNC(=NCCc1nccs1)NC1CC2(CCCC2)Oc2ccccc21. The van der Waals surface area contributed by atoms with Crippen LogP contribution in [0.25, 0.3) is 0 Å². The maximum Gasteiger partial charge on any atom is 0.191 e. The number of nitrogens with zero attached hydrogens (tertiary/aromatic N) is 2. The van der Waals surface area contributed by atoms with E-state index in [-0.39, 0.29) is 11.6 Å². The molecule has 1 aromatic heterocycles. The first kappa shape index (κ1) is 18.3. The maximum atomic E-state index is 6.48. The zero-order valence-electron chi connectivity index (χ0n) is 15.9. The van der Waals surface area contributed by atoms with E-state index in [9.17, 15) is 0 Å². The topological polar surface area (TPSA) is 58.5 Å². The average molecular weight is 385 g/mol. The molecule has 2 heterocycles. The summed E-state index contributed by atoms with van der Waals surface area (Å²) < 4.78 is 6.48. The third-order valence-electron chi connectivity index (χ3n) is 5.45. The lowest BCUT2D eigenvalue weighted by Crippen LogP contribution is -2.46. The van der Waals surface area contributed by atoms with Crippen molar-refractivity contribution in [2.75, 3.05) is 13.1 Å². The number of benzene rings is 1. The van der Waals surface area contributed by atoms with E-state index in [1.807, 2.05) is 11.6 Å². The van der Waals surface area contributed by atoms with Crippen molar-refractivity contribution in [2.45, 2.75) is 57.1 Å². The predicted molar refractivity (Wildman–Crippen MR) is 111 cm³/mol. The Labute approximate surface area is 165 Å². The molecule has 2 aliphatic rings. The van der Waals surface area contributed by atoms with Crippen LogP contribution in [0.5, 0.6) is 5.75 Å².